The number of hydrogen-bond acceptors (Lipinski definition) is 3. The number of nitrogen functional groups attached to an aromatic ring is 1. The van der Waals surface area contributed by atoms with Gasteiger partial charge in [0.25, 0.3) is 5.91 Å². The van der Waals surface area contributed by atoms with Crippen LogP contribution in [0.5, 0.6) is 0 Å². The summed E-state index contributed by atoms with van der Waals surface area (Å²) in [5.41, 5.74) is 7.81. The molecule has 2 aromatic carbocycles. The Morgan fingerprint density at radius 1 is 1.30 bits per heavy atom. The number of carbonyl (C=O) groups is 1. The molecule has 5 heteroatoms. The highest BCUT2D eigenvalue weighted by Gasteiger charge is 2.16. The molecule has 0 radical (unpaired) electrons. The largest absolute Gasteiger partial charge is 0.398 e. The summed E-state index contributed by atoms with van der Waals surface area (Å²) in [5, 5.41) is 9.09. The van der Waals surface area contributed by atoms with Gasteiger partial charge < -0.3 is 10.6 Å². The molecule has 0 saturated carbocycles. The van der Waals surface area contributed by atoms with Crippen molar-refractivity contribution in [3.8, 4) is 6.07 Å². The molecule has 2 aromatic rings. The van der Waals surface area contributed by atoms with Crippen LogP contribution in [-0.4, -0.2) is 13.0 Å². The molecule has 2 N–H and O–H groups in total. The molecule has 0 unspecified atom stereocenters. The van der Waals surface area contributed by atoms with Gasteiger partial charge in [-0.2, -0.15) is 5.26 Å². The van der Waals surface area contributed by atoms with Gasteiger partial charge in [0.05, 0.1) is 11.3 Å². The van der Waals surface area contributed by atoms with Crippen LogP contribution in [-0.2, 0) is 0 Å². The average molecular weight is 330 g/mol. The molecule has 0 fully saturated rings. The molecule has 0 atom stereocenters. The van der Waals surface area contributed by atoms with E-state index in [0.717, 1.165) is 0 Å². The van der Waals surface area contributed by atoms with Gasteiger partial charge in [0.1, 0.15) is 6.07 Å². The molecule has 4 nitrogen and oxygen atoms in total. The number of para-hydroxylation sites is 1. The molecule has 0 aromatic heterocycles. The summed E-state index contributed by atoms with van der Waals surface area (Å²) in [5.74, 6) is -0.201. The molecule has 1 amide bonds. The van der Waals surface area contributed by atoms with Crippen molar-refractivity contribution in [2.45, 2.75) is 0 Å². The van der Waals surface area contributed by atoms with Gasteiger partial charge in [-0.05, 0) is 46.3 Å². The van der Waals surface area contributed by atoms with Gasteiger partial charge in [-0.25, -0.2) is 0 Å². The van der Waals surface area contributed by atoms with Gasteiger partial charge in [0, 0.05) is 22.8 Å². The Bertz CT molecular complexity index is 707. The number of nitriles is 1. The third-order valence-electron chi connectivity index (χ3n) is 2.94. The number of hydrogen-bond donors (Lipinski definition) is 1. The lowest BCUT2D eigenvalue weighted by atomic mass is 10.1. The van der Waals surface area contributed by atoms with E-state index in [4.69, 9.17) is 11.0 Å². The highest BCUT2D eigenvalue weighted by molar-refractivity contribution is 9.10. The fourth-order valence-corrected chi connectivity index (χ4v) is 2.20. The number of benzene rings is 2. The third kappa shape index (κ3) is 2.65. The number of halogens is 1. The zero-order chi connectivity index (χ0) is 14.7. The van der Waals surface area contributed by atoms with Crippen molar-refractivity contribution in [1.29, 1.82) is 5.26 Å². The Kier molecular flexibility index (Phi) is 4.06. The van der Waals surface area contributed by atoms with Crippen LogP contribution < -0.4 is 10.6 Å². The highest BCUT2D eigenvalue weighted by atomic mass is 79.9. The van der Waals surface area contributed by atoms with Crippen LogP contribution in [0.2, 0.25) is 0 Å². The lowest BCUT2D eigenvalue weighted by molar-refractivity contribution is 0.0993. The van der Waals surface area contributed by atoms with Crippen molar-refractivity contribution in [2.24, 2.45) is 0 Å². The Hall–Kier alpha value is -2.32. The smallest absolute Gasteiger partial charge is 0.258 e. The Morgan fingerprint density at radius 3 is 2.65 bits per heavy atom. The van der Waals surface area contributed by atoms with Gasteiger partial charge >= 0.3 is 0 Å². The van der Waals surface area contributed by atoms with Crippen LogP contribution in [0.1, 0.15) is 15.9 Å². The first-order valence-electron chi connectivity index (χ1n) is 5.87. The van der Waals surface area contributed by atoms with Gasteiger partial charge in [-0.15, -0.1) is 0 Å². The second-order valence-electron chi connectivity index (χ2n) is 4.23. The molecular weight excluding hydrogens is 318 g/mol. The molecule has 0 saturated heterocycles. The maximum absolute atomic E-state index is 12.4. The van der Waals surface area contributed by atoms with E-state index in [-0.39, 0.29) is 5.91 Å². The van der Waals surface area contributed by atoms with Gasteiger partial charge in [0.15, 0.2) is 0 Å². The first-order valence-corrected chi connectivity index (χ1v) is 6.66. The summed E-state index contributed by atoms with van der Waals surface area (Å²) in [4.78, 5) is 13.9. The van der Waals surface area contributed by atoms with Crippen molar-refractivity contribution >= 4 is 33.2 Å². The fourth-order valence-electron chi connectivity index (χ4n) is 1.82. The van der Waals surface area contributed by atoms with Crippen molar-refractivity contribution < 1.29 is 4.79 Å². The lowest BCUT2D eigenvalue weighted by Gasteiger charge is -2.18. The van der Waals surface area contributed by atoms with Crippen molar-refractivity contribution in [2.75, 3.05) is 17.7 Å². The maximum Gasteiger partial charge on any atom is 0.258 e. The van der Waals surface area contributed by atoms with E-state index < -0.39 is 0 Å². The van der Waals surface area contributed by atoms with E-state index in [2.05, 4.69) is 22.0 Å². The van der Waals surface area contributed by atoms with Crippen molar-refractivity contribution in [1.82, 2.24) is 0 Å². The number of carbonyl (C=O) groups excluding carboxylic acids is 1. The number of nitrogens with zero attached hydrogens (tertiary/aromatic N) is 2. The maximum atomic E-state index is 12.4. The fraction of sp³-hybridized carbons (Fsp3) is 0.0667. The molecule has 0 aliphatic rings. The molecule has 0 spiro atoms. The van der Waals surface area contributed by atoms with Crippen LogP contribution in [0, 0.1) is 11.3 Å². The minimum atomic E-state index is -0.201. The van der Waals surface area contributed by atoms with E-state index in [1.54, 1.807) is 49.5 Å². The summed E-state index contributed by atoms with van der Waals surface area (Å²) in [6.07, 6.45) is 0. The van der Waals surface area contributed by atoms with E-state index in [9.17, 15) is 4.79 Å². The summed E-state index contributed by atoms with van der Waals surface area (Å²) in [6.45, 7) is 0. The molecule has 0 aliphatic heterocycles. The second kappa shape index (κ2) is 5.76. The Balaban J connectivity index is 2.38. The monoisotopic (exact) mass is 329 g/mol. The summed E-state index contributed by atoms with van der Waals surface area (Å²) in [7, 11) is 1.64. The summed E-state index contributed by atoms with van der Waals surface area (Å²) in [6, 6.07) is 14.1. The quantitative estimate of drug-likeness (QED) is 0.860. The minimum absolute atomic E-state index is 0.201. The predicted octanol–water partition coefficient (Wildman–Crippen LogP) is 3.18. The second-order valence-corrected chi connectivity index (χ2v) is 5.08. The summed E-state index contributed by atoms with van der Waals surface area (Å²) >= 11 is 3.30. The van der Waals surface area contributed by atoms with Crippen molar-refractivity contribution in [3.05, 3.63) is 58.1 Å². The summed E-state index contributed by atoms with van der Waals surface area (Å²) < 4.78 is 0.672. The number of nitrogens with two attached hydrogens (primary N) is 1. The molecule has 20 heavy (non-hydrogen) atoms. The van der Waals surface area contributed by atoms with Gasteiger partial charge in [-0.1, -0.05) is 12.1 Å². The first-order chi connectivity index (χ1) is 9.54. The predicted molar refractivity (Wildman–Crippen MR) is 82.4 cm³/mol. The van der Waals surface area contributed by atoms with Crippen LogP contribution in [0.4, 0.5) is 11.4 Å². The van der Waals surface area contributed by atoms with Crippen LogP contribution in [0.25, 0.3) is 0 Å². The van der Waals surface area contributed by atoms with E-state index >= 15 is 0 Å². The Labute approximate surface area is 125 Å². The van der Waals surface area contributed by atoms with Gasteiger partial charge in [0.2, 0.25) is 0 Å². The standard InChI is InChI=1S/C15H12BrN3O/c1-19(14-5-3-2-4-11(14)9-17)15(20)10-6-7-13(18)12(16)8-10/h2-8H,18H2,1H3. The molecule has 0 bridgehead atoms. The molecule has 100 valence electrons. The SMILES string of the molecule is CN(C(=O)c1ccc(N)c(Br)c1)c1ccccc1C#N. The highest BCUT2D eigenvalue weighted by Crippen LogP contribution is 2.24. The number of anilines is 2. The average Bonchev–Trinajstić information content (AvgIpc) is 2.48. The van der Waals surface area contributed by atoms with Crippen LogP contribution in [0.3, 0.4) is 0 Å². The van der Waals surface area contributed by atoms with E-state index in [1.165, 1.54) is 4.90 Å². The zero-order valence-electron chi connectivity index (χ0n) is 10.8. The molecule has 0 heterocycles. The van der Waals surface area contributed by atoms with Crippen molar-refractivity contribution in [3.63, 3.8) is 0 Å². The van der Waals surface area contributed by atoms with Crippen LogP contribution >= 0.6 is 15.9 Å². The van der Waals surface area contributed by atoms with E-state index in [0.29, 0.717) is 27.0 Å². The topological polar surface area (TPSA) is 70.1 Å². The minimum Gasteiger partial charge on any atom is -0.398 e. The van der Waals surface area contributed by atoms with Crippen LogP contribution in [0.15, 0.2) is 46.9 Å². The number of rotatable bonds is 2. The van der Waals surface area contributed by atoms with E-state index in [1.807, 2.05) is 0 Å². The zero-order valence-corrected chi connectivity index (χ0v) is 12.4. The third-order valence-corrected chi connectivity index (χ3v) is 3.62. The number of amides is 1. The first kappa shape index (κ1) is 14.1. The molecular formula is C15H12BrN3O. The van der Waals surface area contributed by atoms with Gasteiger partial charge in [-0.3, -0.25) is 4.79 Å². The normalized spacial score (nSPS) is 9.85. The molecule has 0 aliphatic carbocycles. The Morgan fingerprint density at radius 2 is 2.00 bits per heavy atom. The molecule has 2 rings (SSSR count). The lowest BCUT2D eigenvalue weighted by Crippen LogP contribution is -2.27.